The maximum Gasteiger partial charge on any atom is 0.303 e. The van der Waals surface area contributed by atoms with Gasteiger partial charge in [0.1, 0.15) is 12.4 Å². The summed E-state index contributed by atoms with van der Waals surface area (Å²) in [6.07, 6.45) is -0.151. The zero-order valence-corrected chi connectivity index (χ0v) is 19.2. The summed E-state index contributed by atoms with van der Waals surface area (Å²) >= 11 is 0. The summed E-state index contributed by atoms with van der Waals surface area (Å²) in [5.41, 5.74) is 2.31. The molecule has 1 fully saturated rings. The zero-order valence-electron chi connectivity index (χ0n) is 17.6. The van der Waals surface area contributed by atoms with Crippen LogP contribution >= 0.6 is 24.8 Å². The molecule has 7 nitrogen and oxygen atoms in total. The third-order valence-electron chi connectivity index (χ3n) is 5.13. The Morgan fingerprint density at radius 3 is 2.12 bits per heavy atom. The minimum atomic E-state index is -0.970. The van der Waals surface area contributed by atoms with Gasteiger partial charge in [-0.25, -0.2) is 4.85 Å². The molecule has 3 rings (SSSR count). The largest absolute Gasteiger partial charge is 0.492 e. The lowest BCUT2D eigenvalue weighted by atomic mass is 10.1. The van der Waals surface area contributed by atoms with Crippen molar-refractivity contribution in [3.8, 4) is 5.75 Å². The van der Waals surface area contributed by atoms with Crippen molar-refractivity contribution >= 4 is 47.9 Å². The Hall–Kier alpha value is -2.79. The lowest BCUT2D eigenvalue weighted by molar-refractivity contribution is -0.136. The van der Waals surface area contributed by atoms with Crippen molar-refractivity contribution in [3.63, 3.8) is 0 Å². The number of nitrogens with zero attached hydrogens (tertiary/aromatic N) is 3. The quantitative estimate of drug-likeness (QED) is 0.426. The molecule has 0 amide bonds. The van der Waals surface area contributed by atoms with Crippen molar-refractivity contribution < 1.29 is 19.4 Å². The monoisotopic (exact) mass is 479 g/mol. The number of anilines is 1. The summed E-state index contributed by atoms with van der Waals surface area (Å²) in [5, 5.41) is 8.66. The average molecular weight is 480 g/mol. The van der Waals surface area contributed by atoms with Gasteiger partial charge in [0.2, 0.25) is 0 Å². The SMILES string of the molecule is Cl.Cl.[C-]#[N+]c1ccc(N2CCN(CCOc3ccc(C(=O)CCC(=O)O)cc3)CC2)cc1. The number of Topliss-reactive ketones (excluding diaryl/α,β-unsaturated/α-hetero) is 1. The Balaban J connectivity index is 0.00000256. The molecule has 9 heteroatoms. The van der Waals surface area contributed by atoms with Gasteiger partial charge >= 0.3 is 5.97 Å². The van der Waals surface area contributed by atoms with Crippen LogP contribution < -0.4 is 9.64 Å². The first kappa shape index (κ1) is 27.2. The standard InChI is InChI=1S/C23H25N3O4.2ClH/c1-24-19-4-6-20(7-5-19)26-14-12-25(13-15-26)16-17-30-21-8-2-18(3-9-21)22(27)10-11-23(28)29;;/h2-9H,10-17H2,(H,28,29);2*1H. The average Bonchev–Trinajstić information content (AvgIpc) is 2.78. The number of hydrogen-bond acceptors (Lipinski definition) is 5. The Morgan fingerprint density at radius 2 is 1.56 bits per heavy atom. The van der Waals surface area contributed by atoms with Gasteiger partial charge in [-0.2, -0.15) is 0 Å². The van der Waals surface area contributed by atoms with Crippen LogP contribution in [0.5, 0.6) is 5.75 Å². The molecule has 0 atom stereocenters. The smallest absolute Gasteiger partial charge is 0.303 e. The summed E-state index contributed by atoms with van der Waals surface area (Å²) in [6, 6.07) is 14.6. The summed E-state index contributed by atoms with van der Waals surface area (Å²) in [5.74, 6) is -0.448. The second-order valence-electron chi connectivity index (χ2n) is 7.15. The number of ether oxygens (including phenoxy) is 1. The number of benzene rings is 2. The molecule has 0 radical (unpaired) electrons. The number of aliphatic carboxylic acids is 1. The van der Waals surface area contributed by atoms with Gasteiger partial charge in [-0.1, -0.05) is 12.1 Å². The van der Waals surface area contributed by atoms with Crippen LogP contribution in [-0.2, 0) is 4.79 Å². The first-order valence-corrected chi connectivity index (χ1v) is 9.98. The molecular formula is C23H27Cl2N3O4. The highest BCUT2D eigenvalue weighted by atomic mass is 35.5. The Labute approximate surface area is 200 Å². The lowest BCUT2D eigenvalue weighted by Crippen LogP contribution is -2.47. The highest BCUT2D eigenvalue weighted by molar-refractivity contribution is 5.97. The third-order valence-corrected chi connectivity index (χ3v) is 5.13. The van der Waals surface area contributed by atoms with Crippen LogP contribution in [0, 0.1) is 6.57 Å². The highest BCUT2D eigenvalue weighted by Gasteiger charge is 2.17. The number of carboxylic acids is 1. The minimum Gasteiger partial charge on any atom is -0.492 e. The van der Waals surface area contributed by atoms with Gasteiger partial charge in [-0.15, -0.1) is 24.8 Å². The van der Waals surface area contributed by atoms with Crippen LogP contribution in [0.3, 0.4) is 0 Å². The molecule has 1 aliphatic heterocycles. The Kier molecular flexibility index (Phi) is 11.6. The molecule has 0 aliphatic carbocycles. The van der Waals surface area contributed by atoms with Crippen LogP contribution in [0.4, 0.5) is 11.4 Å². The highest BCUT2D eigenvalue weighted by Crippen LogP contribution is 2.21. The minimum absolute atomic E-state index is 0. The van der Waals surface area contributed by atoms with E-state index in [9.17, 15) is 9.59 Å². The van der Waals surface area contributed by atoms with Gasteiger partial charge < -0.3 is 14.7 Å². The molecule has 0 aromatic heterocycles. The molecule has 1 N–H and O–H groups in total. The van der Waals surface area contributed by atoms with Crippen molar-refractivity contribution in [2.75, 3.05) is 44.2 Å². The van der Waals surface area contributed by atoms with Gasteiger partial charge in [0, 0.05) is 50.4 Å². The van der Waals surface area contributed by atoms with Crippen LogP contribution in [-0.4, -0.2) is 61.1 Å². The molecule has 1 saturated heterocycles. The van der Waals surface area contributed by atoms with E-state index in [4.69, 9.17) is 16.4 Å². The number of carbonyl (C=O) groups excluding carboxylic acids is 1. The second-order valence-corrected chi connectivity index (χ2v) is 7.15. The first-order chi connectivity index (χ1) is 14.5. The molecule has 0 saturated carbocycles. The van der Waals surface area contributed by atoms with E-state index in [0.29, 0.717) is 23.6 Å². The van der Waals surface area contributed by atoms with Gasteiger partial charge in [0.15, 0.2) is 11.5 Å². The van der Waals surface area contributed by atoms with E-state index in [1.165, 1.54) is 0 Å². The van der Waals surface area contributed by atoms with Gasteiger partial charge in [-0.05, 0) is 36.4 Å². The number of halogens is 2. The maximum atomic E-state index is 11.9. The summed E-state index contributed by atoms with van der Waals surface area (Å²) < 4.78 is 5.79. The number of rotatable bonds is 9. The van der Waals surface area contributed by atoms with Crippen LogP contribution in [0.2, 0.25) is 0 Å². The van der Waals surface area contributed by atoms with E-state index in [1.807, 2.05) is 24.3 Å². The van der Waals surface area contributed by atoms with E-state index in [2.05, 4.69) is 14.6 Å². The maximum absolute atomic E-state index is 11.9. The fourth-order valence-corrected chi connectivity index (χ4v) is 3.36. The topological polar surface area (TPSA) is 74.4 Å². The normalized spacial score (nSPS) is 13.3. The molecule has 2 aromatic rings. The molecule has 0 unspecified atom stereocenters. The fraction of sp³-hybridized carbons (Fsp3) is 0.348. The summed E-state index contributed by atoms with van der Waals surface area (Å²) in [7, 11) is 0. The first-order valence-electron chi connectivity index (χ1n) is 9.98. The lowest BCUT2D eigenvalue weighted by Gasteiger charge is -2.36. The van der Waals surface area contributed by atoms with Crippen molar-refractivity contribution in [3.05, 3.63) is 65.5 Å². The molecule has 1 aliphatic rings. The predicted octanol–water partition coefficient (Wildman–Crippen LogP) is 4.33. The third kappa shape index (κ3) is 8.04. The Bertz CT molecular complexity index is 906. The molecule has 0 bridgehead atoms. The van der Waals surface area contributed by atoms with Crippen LogP contribution in [0.1, 0.15) is 23.2 Å². The number of piperazine rings is 1. The molecule has 2 aromatic carbocycles. The predicted molar refractivity (Wildman–Crippen MR) is 129 cm³/mol. The van der Waals surface area contributed by atoms with Crippen molar-refractivity contribution in [2.24, 2.45) is 0 Å². The van der Waals surface area contributed by atoms with E-state index in [-0.39, 0.29) is 43.4 Å². The van der Waals surface area contributed by atoms with Crippen LogP contribution in [0.25, 0.3) is 4.85 Å². The summed E-state index contributed by atoms with van der Waals surface area (Å²) in [4.78, 5) is 30.6. The fourth-order valence-electron chi connectivity index (χ4n) is 3.36. The second kappa shape index (κ2) is 13.6. The molecule has 0 spiro atoms. The molecule has 172 valence electrons. The van der Waals surface area contributed by atoms with Gasteiger partial charge in [-0.3, -0.25) is 14.5 Å². The number of ketones is 1. The van der Waals surface area contributed by atoms with Gasteiger partial charge in [0.05, 0.1) is 13.0 Å². The van der Waals surface area contributed by atoms with E-state index in [1.54, 1.807) is 24.3 Å². The number of hydrogen-bond donors (Lipinski definition) is 1. The van der Waals surface area contributed by atoms with Crippen molar-refractivity contribution in [1.29, 1.82) is 0 Å². The van der Waals surface area contributed by atoms with E-state index >= 15 is 0 Å². The van der Waals surface area contributed by atoms with Crippen LogP contribution in [0.15, 0.2) is 48.5 Å². The summed E-state index contributed by atoms with van der Waals surface area (Å²) in [6.45, 7) is 12.2. The Morgan fingerprint density at radius 1 is 0.938 bits per heavy atom. The van der Waals surface area contributed by atoms with E-state index < -0.39 is 5.97 Å². The van der Waals surface area contributed by atoms with Gasteiger partial charge in [0.25, 0.3) is 0 Å². The van der Waals surface area contributed by atoms with E-state index in [0.717, 1.165) is 38.4 Å². The molecular weight excluding hydrogens is 453 g/mol. The molecule has 32 heavy (non-hydrogen) atoms. The zero-order chi connectivity index (χ0) is 21.3. The number of carboxylic acid groups (broad SMARTS) is 1. The van der Waals surface area contributed by atoms with Crippen molar-refractivity contribution in [2.45, 2.75) is 12.8 Å². The van der Waals surface area contributed by atoms with Crippen molar-refractivity contribution in [1.82, 2.24) is 4.90 Å². The molecule has 1 heterocycles. The number of carbonyl (C=O) groups is 2.